The molecular formula is C13H15N5O2. The molecule has 0 amide bonds. The Morgan fingerprint density at radius 2 is 2.15 bits per heavy atom. The zero-order valence-corrected chi connectivity index (χ0v) is 10.8. The van der Waals surface area contributed by atoms with Gasteiger partial charge >= 0.3 is 0 Å². The molecule has 0 saturated carbocycles. The van der Waals surface area contributed by atoms with E-state index in [9.17, 15) is 5.11 Å². The molecule has 1 aromatic carbocycles. The number of H-pyrrole nitrogens is 1. The van der Waals surface area contributed by atoms with E-state index in [-0.39, 0.29) is 5.89 Å². The largest absolute Gasteiger partial charge is 0.383 e. The van der Waals surface area contributed by atoms with E-state index in [1.54, 1.807) is 0 Å². The third kappa shape index (κ3) is 2.54. The summed E-state index contributed by atoms with van der Waals surface area (Å²) in [7, 11) is 0. The van der Waals surface area contributed by atoms with Gasteiger partial charge in [0.1, 0.15) is 11.9 Å². The van der Waals surface area contributed by atoms with Gasteiger partial charge in [0, 0.05) is 0 Å². The molecule has 2 heterocycles. The lowest BCUT2D eigenvalue weighted by molar-refractivity contribution is 0.127. The molecule has 0 spiro atoms. The lowest BCUT2D eigenvalue weighted by atomic mass is 10.2. The van der Waals surface area contributed by atoms with E-state index in [0.29, 0.717) is 25.2 Å². The SMILES string of the molecule is NCCC(O)c1nc(Cc2nc3ccccc3[nH]2)no1. The summed E-state index contributed by atoms with van der Waals surface area (Å²) in [4.78, 5) is 11.8. The van der Waals surface area contributed by atoms with Crippen molar-refractivity contribution < 1.29 is 9.63 Å². The van der Waals surface area contributed by atoms with Gasteiger partial charge in [0.05, 0.1) is 17.5 Å². The summed E-state index contributed by atoms with van der Waals surface area (Å²) in [5.41, 5.74) is 7.24. The standard InChI is InChI=1S/C13H15N5O2/c14-6-5-10(19)13-17-12(18-20-13)7-11-15-8-3-1-2-4-9(8)16-11/h1-4,10,19H,5-7,14H2,(H,15,16). The highest BCUT2D eigenvalue weighted by molar-refractivity contribution is 5.74. The number of nitrogens with one attached hydrogen (secondary N) is 1. The van der Waals surface area contributed by atoms with Gasteiger partial charge in [-0.25, -0.2) is 4.98 Å². The Kier molecular flexibility index (Phi) is 3.44. The number of nitrogens with zero attached hydrogens (tertiary/aromatic N) is 3. The number of nitrogens with two attached hydrogens (primary N) is 1. The summed E-state index contributed by atoms with van der Waals surface area (Å²) in [6.07, 6.45) is 0.0108. The van der Waals surface area contributed by atoms with Gasteiger partial charge < -0.3 is 20.3 Å². The number of imidazole rings is 1. The number of hydrogen-bond donors (Lipinski definition) is 3. The van der Waals surface area contributed by atoms with Gasteiger partial charge in [-0.15, -0.1) is 0 Å². The van der Waals surface area contributed by atoms with Crippen molar-refractivity contribution in [3.63, 3.8) is 0 Å². The molecule has 0 aliphatic rings. The van der Waals surface area contributed by atoms with Crippen LogP contribution in [0.4, 0.5) is 0 Å². The summed E-state index contributed by atoms with van der Waals surface area (Å²) >= 11 is 0. The van der Waals surface area contributed by atoms with Crippen molar-refractivity contribution in [3.8, 4) is 0 Å². The normalized spacial score (nSPS) is 12.9. The molecule has 3 rings (SSSR count). The van der Waals surface area contributed by atoms with E-state index in [4.69, 9.17) is 10.3 Å². The number of aliphatic hydroxyl groups is 1. The van der Waals surface area contributed by atoms with E-state index in [0.717, 1.165) is 16.9 Å². The molecule has 0 aliphatic heterocycles. The van der Waals surface area contributed by atoms with Crippen molar-refractivity contribution in [2.24, 2.45) is 5.73 Å². The molecular weight excluding hydrogens is 258 g/mol. The van der Waals surface area contributed by atoms with E-state index >= 15 is 0 Å². The molecule has 7 heteroatoms. The van der Waals surface area contributed by atoms with Gasteiger partial charge in [0.25, 0.3) is 5.89 Å². The minimum absolute atomic E-state index is 0.196. The molecule has 0 radical (unpaired) electrons. The second-order valence-corrected chi connectivity index (χ2v) is 4.52. The lowest BCUT2D eigenvalue weighted by Gasteiger charge is -2.00. The van der Waals surface area contributed by atoms with Crippen LogP contribution in [0.1, 0.15) is 30.1 Å². The van der Waals surface area contributed by atoms with Crippen molar-refractivity contribution in [1.82, 2.24) is 20.1 Å². The third-order valence-electron chi connectivity index (χ3n) is 2.97. The molecule has 0 fully saturated rings. The Morgan fingerprint density at radius 1 is 1.30 bits per heavy atom. The Morgan fingerprint density at radius 3 is 2.95 bits per heavy atom. The van der Waals surface area contributed by atoms with Crippen molar-refractivity contribution >= 4 is 11.0 Å². The van der Waals surface area contributed by atoms with E-state index < -0.39 is 6.10 Å². The van der Waals surface area contributed by atoms with Crippen LogP contribution in [0.3, 0.4) is 0 Å². The fourth-order valence-electron chi connectivity index (χ4n) is 2.00. The number of aromatic amines is 1. The Bertz CT molecular complexity index is 672. The number of fused-ring (bicyclic) bond motifs is 1. The number of rotatable bonds is 5. The summed E-state index contributed by atoms with van der Waals surface area (Å²) in [6, 6.07) is 7.77. The Labute approximate surface area is 114 Å². The molecule has 1 unspecified atom stereocenters. The van der Waals surface area contributed by atoms with Gasteiger partial charge in [-0.3, -0.25) is 0 Å². The first-order valence-corrected chi connectivity index (χ1v) is 6.40. The van der Waals surface area contributed by atoms with Crippen molar-refractivity contribution in [2.45, 2.75) is 18.9 Å². The van der Waals surface area contributed by atoms with E-state index in [2.05, 4.69) is 20.1 Å². The minimum atomic E-state index is -0.808. The summed E-state index contributed by atoms with van der Waals surface area (Å²) in [5.74, 6) is 1.43. The van der Waals surface area contributed by atoms with Gasteiger partial charge in [-0.1, -0.05) is 17.3 Å². The maximum absolute atomic E-state index is 9.71. The maximum Gasteiger partial charge on any atom is 0.255 e. The molecule has 20 heavy (non-hydrogen) atoms. The van der Waals surface area contributed by atoms with Crippen LogP contribution in [-0.2, 0) is 6.42 Å². The Hall–Kier alpha value is -2.25. The van der Waals surface area contributed by atoms with Crippen LogP contribution in [-0.4, -0.2) is 31.8 Å². The second-order valence-electron chi connectivity index (χ2n) is 4.52. The van der Waals surface area contributed by atoms with Crippen molar-refractivity contribution in [3.05, 3.63) is 41.8 Å². The molecule has 7 nitrogen and oxygen atoms in total. The topological polar surface area (TPSA) is 114 Å². The predicted molar refractivity (Wildman–Crippen MR) is 71.8 cm³/mol. The van der Waals surface area contributed by atoms with Gasteiger partial charge in [0.2, 0.25) is 0 Å². The molecule has 0 saturated heterocycles. The van der Waals surface area contributed by atoms with Gasteiger partial charge in [0.15, 0.2) is 5.82 Å². The lowest BCUT2D eigenvalue weighted by Crippen LogP contribution is -2.07. The molecule has 2 aromatic heterocycles. The molecule has 4 N–H and O–H groups in total. The van der Waals surface area contributed by atoms with Crippen LogP contribution < -0.4 is 5.73 Å². The molecule has 3 aromatic rings. The highest BCUT2D eigenvalue weighted by Gasteiger charge is 2.16. The number of aromatic nitrogens is 4. The third-order valence-corrected chi connectivity index (χ3v) is 2.97. The smallest absolute Gasteiger partial charge is 0.255 e. The zero-order chi connectivity index (χ0) is 13.9. The van der Waals surface area contributed by atoms with Crippen molar-refractivity contribution in [1.29, 1.82) is 0 Å². The number of benzene rings is 1. The van der Waals surface area contributed by atoms with Crippen LogP contribution in [0, 0.1) is 0 Å². The average Bonchev–Trinajstić information content (AvgIpc) is 3.05. The summed E-state index contributed by atoms with van der Waals surface area (Å²) in [6.45, 7) is 0.364. The van der Waals surface area contributed by atoms with Crippen LogP contribution >= 0.6 is 0 Å². The van der Waals surface area contributed by atoms with E-state index in [1.165, 1.54) is 0 Å². The van der Waals surface area contributed by atoms with Crippen LogP contribution in [0.5, 0.6) is 0 Å². The molecule has 0 aliphatic carbocycles. The maximum atomic E-state index is 9.71. The van der Waals surface area contributed by atoms with Crippen molar-refractivity contribution in [2.75, 3.05) is 6.54 Å². The minimum Gasteiger partial charge on any atom is -0.383 e. The first-order chi connectivity index (χ1) is 9.76. The number of para-hydroxylation sites is 2. The molecule has 1 atom stereocenters. The number of aliphatic hydroxyl groups excluding tert-OH is 1. The van der Waals surface area contributed by atoms with Crippen LogP contribution in [0.2, 0.25) is 0 Å². The van der Waals surface area contributed by atoms with Gasteiger partial charge in [-0.2, -0.15) is 4.98 Å². The fraction of sp³-hybridized carbons (Fsp3) is 0.308. The quantitative estimate of drug-likeness (QED) is 0.637. The molecule has 0 bridgehead atoms. The second kappa shape index (κ2) is 5.40. The molecule has 104 valence electrons. The first-order valence-electron chi connectivity index (χ1n) is 6.40. The zero-order valence-electron chi connectivity index (χ0n) is 10.8. The fourth-order valence-corrected chi connectivity index (χ4v) is 2.00. The predicted octanol–water partition coefficient (Wildman–Crippen LogP) is 0.919. The van der Waals surface area contributed by atoms with Crippen LogP contribution in [0.15, 0.2) is 28.8 Å². The summed E-state index contributed by atoms with van der Waals surface area (Å²) in [5, 5.41) is 13.6. The highest BCUT2D eigenvalue weighted by atomic mass is 16.5. The van der Waals surface area contributed by atoms with Gasteiger partial charge in [-0.05, 0) is 25.1 Å². The summed E-state index contributed by atoms with van der Waals surface area (Å²) < 4.78 is 5.02. The van der Waals surface area contributed by atoms with Crippen LogP contribution in [0.25, 0.3) is 11.0 Å². The monoisotopic (exact) mass is 273 g/mol. The Balaban J connectivity index is 1.77. The first kappa shape index (κ1) is 12.8. The number of hydrogen-bond acceptors (Lipinski definition) is 6. The average molecular weight is 273 g/mol. The highest BCUT2D eigenvalue weighted by Crippen LogP contribution is 2.16. The van der Waals surface area contributed by atoms with E-state index in [1.807, 2.05) is 24.3 Å².